The molecule has 1 N–H and O–H groups in total. The highest BCUT2D eigenvalue weighted by Gasteiger charge is 2.66. The fraction of sp³-hybridized carbons (Fsp3) is 0.700. The maximum Gasteiger partial charge on any atom is 0.527 e. The van der Waals surface area contributed by atoms with Crippen LogP contribution in [0.5, 0.6) is 0 Å². The first-order chi connectivity index (χ1) is 8.51. The maximum absolute atomic E-state index is 13.0. The summed E-state index contributed by atoms with van der Waals surface area (Å²) in [5.74, 6) is -9.49. The molecule has 20 heavy (non-hydrogen) atoms. The molecule has 0 heterocycles. The van der Waals surface area contributed by atoms with Crippen molar-refractivity contribution in [2.24, 2.45) is 5.41 Å². The van der Waals surface area contributed by atoms with Gasteiger partial charge in [0.1, 0.15) is 5.76 Å². The fourth-order valence-corrected chi connectivity index (χ4v) is 0.784. The number of hydrogen-bond acceptors (Lipinski definition) is 3. The second-order valence-corrected chi connectivity index (χ2v) is 4.78. The zero-order chi connectivity index (χ0) is 16.6. The van der Waals surface area contributed by atoms with Crippen molar-refractivity contribution in [3.05, 3.63) is 11.8 Å². The number of allylic oxidation sites excluding steroid dienone is 2. The second-order valence-electron chi connectivity index (χ2n) is 4.78. The normalized spacial score (nSPS) is 15.4. The molecule has 0 aromatic heterocycles. The lowest BCUT2D eigenvalue weighted by Crippen LogP contribution is -2.50. The van der Waals surface area contributed by atoms with Gasteiger partial charge in [-0.05, 0) is 0 Å². The monoisotopic (exact) mass is 312 g/mol. The lowest BCUT2D eigenvalue weighted by Gasteiger charge is -2.25. The number of alkyl halides is 7. The molecule has 0 aliphatic carbocycles. The summed E-state index contributed by atoms with van der Waals surface area (Å²) < 4.78 is 88.0. The average Bonchev–Trinajstić information content (AvgIpc) is 2.11. The number of aliphatic hydroxyl groups excluding tert-OH is 1. The molecule has 0 unspecified atom stereocenters. The molecule has 0 aromatic carbocycles. The Morgan fingerprint density at radius 1 is 1.00 bits per heavy atom. The van der Waals surface area contributed by atoms with Gasteiger partial charge >= 0.3 is 18.4 Å². The van der Waals surface area contributed by atoms with E-state index in [4.69, 9.17) is 0 Å². The van der Waals surface area contributed by atoms with Crippen molar-refractivity contribution in [1.82, 2.24) is 0 Å². The molecule has 0 spiro atoms. The van der Waals surface area contributed by atoms with E-state index >= 15 is 0 Å². The SMILES string of the molecule is CC(C)(C)C(O)=CC(=O)C(F)(F)C(F)(F)OC(F)(F)F. The molecule has 0 fully saturated rings. The third-order valence-electron chi connectivity index (χ3n) is 1.96. The first kappa shape index (κ1) is 18.7. The summed E-state index contributed by atoms with van der Waals surface area (Å²) in [5, 5.41) is 9.22. The standard InChI is InChI=1S/C10H11F7O3/c1-7(2,3)5(18)4-6(19)8(11,12)9(13,14)20-10(15,16)17/h4,18H,1-3H3. The molecule has 3 nitrogen and oxygen atoms in total. The Labute approximate surface area is 109 Å². The molecule has 0 amide bonds. The summed E-state index contributed by atoms with van der Waals surface area (Å²) in [4.78, 5) is 10.9. The number of halogens is 7. The van der Waals surface area contributed by atoms with Crippen LogP contribution < -0.4 is 0 Å². The van der Waals surface area contributed by atoms with Gasteiger partial charge in [-0.3, -0.25) is 4.79 Å². The van der Waals surface area contributed by atoms with Gasteiger partial charge in [-0.25, -0.2) is 4.74 Å². The molecule has 0 aliphatic rings. The third kappa shape index (κ3) is 4.66. The van der Waals surface area contributed by atoms with Crippen LogP contribution in [0, 0.1) is 5.41 Å². The van der Waals surface area contributed by atoms with E-state index in [-0.39, 0.29) is 6.08 Å². The van der Waals surface area contributed by atoms with Crippen LogP contribution >= 0.6 is 0 Å². The van der Waals surface area contributed by atoms with Crippen LogP contribution in [-0.4, -0.2) is 29.3 Å². The highest BCUT2D eigenvalue weighted by atomic mass is 19.4. The van der Waals surface area contributed by atoms with Gasteiger partial charge in [0.15, 0.2) is 0 Å². The van der Waals surface area contributed by atoms with Gasteiger partial charge in [0.05, 0.1) is 0 Å². The maximum atomic E-state index is 13.0. The minimum absolute atomic E-state index is 0.256. The summed E-state index contributed by atoms with van der Waals surface area (Å²) in [6, 6.07) is 0. The molecule has 0 atom stereocenters. The van der Waals surface area contributed by atoms with Gasteiger partial charge in [-0.15, -0.1) is 13.2 Å². The van der Waals surface area contributed by atoms with Gasteiger partial charge in [-0.2, -0.15) is 17.6 Å². The van der Waals surface area contributed by atoms with Crippen molar-refractivity contribution in [2.75, 3.05) is 0 Å². The fourth-order valence-electron chi connectivity index (χ4n) is 0.784. The largest absolute Gasteiger partial charge is 0.527 e. The van der Waals surface area contributed by atoms with Crippen LogP contribution in [0.3, 0.4) is 0 Å². The van der Waals surface area contributed by atoms with Gasteiger partial charge < -0.3 is 5.11 Å². The molecule has 118 valence electrons. The minimum Gasteiger partial charge on any atom is -0.512 e. The van der Waals surface area contributed by atoms with Crippen LogP contribution in [-0.2, 0) is 9.53 Å². The highest BCUT2D eigenvalue weighted by molar-refractivity contribution is 5.96. The molecule has 0 rings (SSSR count). The van der Waals surface area contributed by atoms with E-state index in [0.717, 1.165) is 0 Å². The lowest BCUT2D eigenvalue weighted by molar-refractivity contribution is -0.457. The lowest BCUT2D eigenvalue weighted by atomic mass is 9.92. The Morgan fingerprint density at radius 3 is 1.70 bits per heavy atom. The number of carbonyl (C=O) groups excluding carboxylic acids is 1. The number of ether oxygens (including phenoxy) is 1. The number of hydrogen-bond donors (Lipinski definition) is 1. The van der Waals surface area contributed by atoms with Crippen LogP contribution in [0.1, 0.15) is 20.8 Å². The average molecular weight is 312 g/mol. The Morgan fingerprint density at radius 2 is 1.40 bits per heavy atom. The molecule has 10 heteroatoms. The number of aliphatic hydroxyl groups is 1. The van der Waals surface area contributed by atoms with Gasteiger partial charge in [0, 0.05) is 11.5 Å². The first-order valence-electron chi connectivity index (χ1n) is 4.99. The molecule has 0 saturated carbocycles. The zero-order valence-corrected chi connectivity index (χ0v) is 10.5. The third-order valence-corrected chi connectivity index (χ3v) is 1.96. The molecule has 0 aromatic rings. The van der Waals surface area contributed by atoms with Crippen molar-refractivity contribution in [1.29, 1.82) is 0 Å². The molecule has 0 aliphatic heterocycles. The molecular weight excluding hydrogens is 301 g/mol. The van der Waals surface area contributed by atoms with E-state index in [0.29, 0.717) is 0 Å². The van der Waals surface area contributed by atoms with E-state index in [1.165, 1.54) is 20.8 Å². The van der Waals surface area contributed by atoms with E-state index in [1.807, 2.05) is 4.74 Å². The summed E-state index contributed by atoms with van der Waals surface area (Å²) in [5.41, 5.74) is -1.23. The van der Waals surface area contributed by atoms with Gasteiger partial charge in [0.2, 0.25) is 5.78 Å². The number of ketones is 1. The summed E-state index contributed by atoms with van der Waals surface area (Å²) in [7, 11) is 0. The van der Waals surface area contributed by atoms with Crippen molar-refractivity contribution in [3.63, 3.8) is 0 Å². The Balaban J connectivity index is 5.38. The Hall–Kier alpha value is -1.32. The van der Waals surface area contributed by atoms with Crippen molar-refractivity contribution in [2.45, 2.75) is 39.2 Å². The van der Waals surface area contributed by atoms with Crippen molar-refractivity contribution >= 4 is 5.78 Å². The topological polar surface area (TPSA) is 46.5 Å². The van der Waals surface area contributed by atoms with Gasteiger partial charge in [0.25, 0.3) is 0 Å². The molecule has 0 saturated heterocycles. The predicted molar refractivity (Wildman–Crippen MR) is 52.2 cm³/mol. The smallest absolute Gasteiger partial charge is 0.512 e. The molecule has 0 radical (unpaired) electrons. The Kier molecular flexibility index (Phi) is 4.88. The van der Waals surface area contributed by atoms with E-state index in [9.17, 15) is 40.6 Å². The van der Waals surface area contributed by atoms with Crippen molar-refractivity contribution in [3.8, 4) is 0 Å². The highest BCUT2D eigenvalue weighted by Crippen LogP contribution is 2.41. The number of rotatable bonds is 4. The summed E-state index contributed by atoms with van der Waals surface area (Å²) in [6.07, 6.45) is -12.4. The second kappa shape index (κ2) is 5.23. The summed E-state index contributed by atoms with van der Waals surface area (Å²) >= 11 is 0. The molecular formula is C10H11F7O3. The summed E-state index contributed by atoms with van der Waals surface area (Å²) in [6.45, 7) is 3.78. The minimum atomic E-state index is -6.10. The van der Waals surface area contributed by atoms with Crippen LogP contribution in [0.4, 0.5) is 30.7 Å². The quantitative estimate of drug-likeness (QED) is 0.488. The van der Waals surface area contributed by atoms with E-state index in [1.54, 1.807) is 0 Å². The predicted octanol–water partition coefficient (Wildman–Crippen LogP) is 3.81. The number of carbonyl (C=O) groups is 1. The van der Waals surface area contributed by atoms with Gasteiger partial charge in [-0.1, -0.05) is 20.8 Å². The van der Waals surface area contributed by atoms with Crippen LogP contribution in [0.15, 0.2) is 11.8 Å². The van der Waals surface area contributed by atoms with Crippen LogP contribution in [0.25, 0.3) is 0 Å². The van der Waals surface area contributed by atoms with E-state index in [2.05, 4.69) is 0 Å². The molecule has 0 bridgehead atoms. The Bertz CT molecular complexity index is 404. The van der Waals surface area contributed by atoms with E-state index < -0.39 is 35.4 Å². The van der Waals surface area contributed by atoms with Crippen LogP contribution in [0.2, 0.25) is 0 Å². The first-order valence-corrected chi connectivity index (χ1v) is 4.99. The van der Waals surface area contributed by atoms with Crippen molar-refractivity contribution < 1.29 is 45.4 Å². The zero-order valence-electron chi connectivity index (χ0n) is 10.5.